The average Bonchev–Trinajstić information content (AvgIpc) is 2.64. The average molecular weight is 339 g/mol. The molecule has 126 valence electrons. The van der Waals surface area contributed by atoms with Crippen LogP contribution in [0.15, 0.2) is 24.3 Å². The molecule has 1 heterocycles. The number of rotatable bonds is 2. The normalized spacial score (nSPS) is 19.2. The molecule has 0 spiro atoms. The van der Waals surface area contributed by atoms with Crippen LogP contribution in [0, 0.1) is 0 Å². The second-order valence-corrected chi connectivity index (χ2v) is 7.43. The molecule has 1 aliphatic rings. The van der Waals surface area contributed by atoms with Crippen molar-refractivity contribution >= 4 is 29.3 Å². The minimum Gasteiger partial charge on any atom is -0.443 e. The van der Waals surface area contributed by atoms with Crippen molar-refractivity contribution in [3.8, 4) is 0 Å². The fourth-order valence-electron chi connectivity index (χ4n) is 2.85. The van der Waals surface area contributed by atoms with E-state index in [9.17, 15) is 9.59 Å². The van der Waals surface area contributed by atoms with Crippen molar-refractivity contribution in [3.63, 3.8) is 0 Å². The third-order valence-corrected chi connectivity index (χ3v) is 4.02. The maximum Gasteiger partial charge on any atom is 0.415 e. The number of amides is 2. The van der Waals surface area contributed by atoms with Gasteiger partial charge in [-0.2, -0.15) is 0 Å². The lowest BCUT2D eigenvalue weighted by atomic mass is 9.92. The van der Waals surface area contributed by atoms with E-state index in [0.29, 0.717) is 0 Å². The second-order valence-electron chi connectivity index (χ2n) is 7.16. The molecule has 1 atom stereocenters. The highest BCUT2D eigenvalue weighted by Gasteiger charge is 2.49. The van der Waals surface area contributed by atoms with E-state index < -0.39 is 17.2 Å². The molecule has 0 saturated carbocycles. The van der Waals surface area contributed by atoms with Crippen LogP contribution in [0.5, 0.6) is 0 Å². The molecule has 2 rings (SSSR count). The molecule has 1 aliphatic heterocycles. The molecule has 0 radical (unpaired) electrons. The summed E-state index contributed by atoms with van der Waals surface area (Å²) in [4.78, 5) is 26.1. The summed E-state index contributed by atoms with van der Waals surface area (Å²) in [7, 11) is 0. The highest BCUT2D eigenvalue weighted by atomic mass is 35.5. The SMILES string of the molecule is CC(C)(C)OC(=O)N1c2ccccc2C(NC(=O)CCl)C1(C)C. The van der Waals surface area contributed by atoms with Crippen molar-refractivity contribution in [1.82, 2.24) is 5.32 Å². The van der Waals surface area contributed by atoms with Crippen LogP contribution in [0.3, 0.4) is 0 Å². The number of carbonyl (C=O) groups is 2. The highest BCUT2D eigenvalue weighted by molar-refractivity contribution is 6.27. The van der Waals surface area contributed by atoms with Crippen LogP contribution in [-0.4, -0.2) is 29.0 Å². The van der Waals surface area contributed by atoms with Gasteiger partial charge in [0, 0.05) is 5.56 Å². The highest BCUT2D eigenvalue weighted by Crippen LogP contribution is 2.46. The molecule has 6 heteroatoms. The van der Waals surface area contributed by atoms with Gasteiger partial charge in [-0.25, -0.2) is 4.79 Å². The maximum absolute atomic E-state index is 12.7. The molecule has 1 aromatic carbocycles. The molecule has 0 bridgehead atoms. The first kappa shape index (κ1) is 17.6. The van der Waals surface area contributed by atoms with E-state index in [1.54, 1.807) is 4.90 Å². The van der Waals surface area contributed by atoms with Gasteiger partial charge in [-0.3, -0.25) is 9.69 Å². The van der Waals surface area contributed by atoms with Crippen molar-refractivity contribution < 1.29 is 14.3 Å². The topological polar surface area (TPSA) is 58.6 Å². The Labute approximate surface area is 141 Å². The smallest absolute Gasteiger partial charge is 0.415 e. The minimum atomic E-state index is -0.673. The Morgan fingerprint density at radius 1 is 1.30 bits per heavy atom. The van der Waals surface area contributed by atoms with Crippen LogP contribution in [0.2, 0.25) is 0 Å². The van der Waals surface area contributed by atoms with E-state index in [0.717, 1.165) is 11.3 Å². The van der Waals surface area contributed by atoms with Crippen LogP contribution in [-0.2, 0) is 9.53 Å². The zero-order valence-corrected chi connectivity index (χ0v) is 14.9. The number of carbonyl (C=O) groups excluding carboxylic acids is 2. The van der Waals surface area contributed by atoms with E-state index in [1.807, 2.05) is 58.9 Å². The van der Waals surface area contributed by atoms with Crippen molar-refractivity contribution in [1.29, 1.82) is 0 Å². The zero-order chi connectivity index (χ0) is 17.4. The predicted molar refractivity (Wildman–Crippen MR) is 90.8 cm³/mol. The molecule has 0 aromatic heterocycles. The van der Waals surface area contributed by atoms with Gasteiger partial charge in [0.05, 0.1) is 17.3 Å². The molecule has 1 aromatic rings. The van der Waals surface area contributed by atoms with Crippen molar-refractivity contribution in [3.05, 3.63) is 29.8 Å². The van der Waals surface area contributed by atoms with Gasteiger partial charge in [0.2, 0.25) is 5.91 Å². The van der Waals surface area contributed by atoms with E-state index in [1.165, 1.54) is 0 Å². The first-order chi connectivity index (χ1) is 10.6. The Hall–Kier alpha value is -1.75. The molecular formula is C17H23ClN2O3. The minimum absolute atomic E-state index is 0.124. The van der Waals surface area contributed by atoms with Gasteiger partial charge in [-0.05, 0) is 40.7 Å². The summed E-state index contributed by atoms with van der Waals surface area (Å²) in [6, 6.07) is 7.15. The number of para-hydroxylation sites is 1. The van der Waals surface area contributed by atoms with Gasteiger partial charge in [-0.15, -0.1) is 11.6 Å². The molecule has 1 unspecified atom stereocenters. The molecule has 23 heavy (non-hydrogen) atoms. The van der Waals surface area contributed by atoms with Crippen LogP contribution >= 0.6 is 11.6 Å². The number of benzene rings is 1. The van der Waals surface area contributed by atoms with Gasteiger partial charge >= 0.3 is 6.09 Å². The standard InChI is InChI=1S/C17H23ClN2O3/c1-16(2,3)23-15(22)20-12-9-7-6-8-11(12)14(17(20,4)5)19-13(21)10-18/h6-9,14H,10H2,1-5H3,(H,19,21). The fourth-order valence-corrected chi connectivity index (χ4v) is 2.93. The third kappa shape index (κ3) is 3.44. The fraction of sp³-hybridized carbons (Fsp3) is 0.529. The van der Waals surface area contributed by atoms with Crippen LogP contribution in [0.1, 0.15) is 46.2 Å². The zero-order valence-electron chi connectivity index (χ0n) is 14.1. The Morgan fingerprint density at radius 3 is 2.48 bits per heavy atom. The first-order valence-corrected chi connectivity index (χ1v) is 8.09. The second kappa shape index (κ2) is 6.04. The summed E-state index contributed by atoms with van der Waals surface area (Å²) >= 11 is 5.62. The summed E-state index contributed by atoms with van der Waals surface area (Å²) in [5, 5.41) is 2.90. The van der Waals surface area contributed by atoms with E-state index in [2.05, 4.69) is 5.32 Å². The van der Waals surface area contributed by atoms with Crippen LogP contribution < -0.4 is 10.2 Å². The van der Waals surface area contributed by atoms with Gasteiger partial charge in [-0.1, -0.05) is 18.2 Å². The van der Waals surface area contributed by atoms with Crippen molar-refractivity contribution in [2.45, 2.75) is 51.8 Å². The van der Waals surface area contributed by atoms with Gasteiger partial charge in [0.15, 0.2) is 0 Å². The Morgan fingerprint density at radius 2 is 1.91 bits per heavy atom. The number of fused-ring (bicyclic) bond motifs is 1. The van der Waals surface area contributed by atoms with Crippen molar-refractivity contribution in [2.24, 2.45) is 0 Å². The number of halogens is 1. The Kier molecular flexibility index (Phi) is 4.62. The number of alkyl halides is 1. The lowest BCUT2D eigenvalue weighted by Gasteiger charge is -2.37. The Balaban J connectivity index is 2.44. The van der Waals surface area contributed by atoms with E-state index in [4.69, 9.17) is 16.3 Å². The monoisotopic (exact) mass is 338 g/mol. The number of nitrogens with zero attached hydrogens (tertiary/aromatic N) is 1. The summed E-state index contributed by atoms with van der Waals surface area (Å²) < 4.78 is 5.54. The van der Waals surface area contributed by atoms with Gasteiger partial charge < -0.3 is 10.1 Å². The van der Waals surface area contributed by atoms with E-state index in [-0.39, 0.29) is 17.8 Å². The summed E-state index contributed by atoms with van der Waals surface area (Å²) in [6.07, 6.45) is -0.433. The summed E-state index contributed by atoms with van der Waals surface area (Å²) in [6.45, 7) is 9.28. The largest absolute Gasteiger partial charge is 0.443 e. The molecule has 0 fully saturated rings. The van der Waals surface area contributed by atoms with E-state index >= 15 is 0 Å². The van der Waals surface area contributed by atoms with Crippen LogP contribution in [0.4, 0.5) is 10.5 Å². The van der Waals surface area contributed by atoms with Crippen LogP contribution in [0.25, 0.3) is 0 Å². The number of hydrogen-bond donors (Lipinski definition) is 1. The number of anilines is 1. The molecule has 5 nitrogen and oxygen atoms in total. The lowest BCUT2D eigenvalue weighted by molar-refractivity contribution is -0.119. The summed E-state index contributed by atoms with van der Waals surface area (Å²) in [5.74, 6) is -0.396. The Bertz CT molecular complexity index is 623. The number of hydrogen-bond acceptors (Lipinski definition) is 3. The van der Waals surface area contributed by atoms with Crippen molar-refractivity contribution in [2.75, 3.05) is 10.8 Å². The number of ether oxygens (including phenoxy) is 1. The lowest BCUT2D eigenvalue weighted by Crippen LogP contribution is -2.53. The summed E-state index contributed by atoms with van der Waals surface area (Å²) in [5.41, 5.74) is 0.348. The quantitative estimate of drug-likeness (QED) is 0.838. The molecule has 0 saturated heterocycles. The molecule has 1 N–H and O–H groups in total. The number of nitrogens with one attached hydrogen (secondary N) is 1. The maximum atomic E-state index is 12.7. The molecule has 0 aliphatic carbocycles. The third-order valence-electron chi connectivity index (χ3n) is 3.77. The molecular weight excluding hydrogens is 316 g/mol. The molecule has 2 amide bonds. The first-order valence-electron chi connectivity index (χ1n) is 7.55. The van der Waals surface area contributed by atoms with Gasteiger partial charge in [0.25, 0.3) is 0 Å². The van der Waals surface area contributed by atoms with Gasteiger partial charge in [0.1, 0.15) is 11.5 Å². The predicted octanol–water partition coefficient (Wildman–Crippen LogP) is 3.62.